The van der Waals surface area contributed by atoms with Crippen LogP contribution in [-0.4, -0.2) is 21.9 Å². The van der Waals surface area contributed by atoms with E-state index in [1.807, 2.05) is 13.8 Å². The van der Waals surface area contributed by atoms with Crippen molar-refractivity contribution in [3.8, 4) is 0 Å². The van der Waals surface area contributed by atoms with Crippen molar-refractivity contribution in [2.75, 3.05) is 5.32 Å². The largest absolute Gasteiger partial charge is 0.331 e. The van der Waals surface area contributed by atoms with Crippen LogP contribution in [0.25, 0.3) is 0 Å². The lowest BCUT2D eigenvalue weighted by Crippen LogP contribution is -2.40. The second-order valence-electron chi connectivity index (χ2n) is 3.34. The standard InChI is InChI=1S/C9H16N4O/c1-3-6(2)7(10)8(14)13-9-11-4-5-12-9/h4-7H,3,10H2,1-2H3,(H2,11,12,13,14)/t6-,7-/m0/s1. The van der Waals surface area contributed by atoms with Crippen molar-refractivity contribution < 1.29 is 4.79 Å². The second-order valence-corrected chi connectivity index (χ2v) is 3.34. The zero-order chi connectivity index (χ0) is 10.6. The van der Waals surface area contributed by atoms with Gasteiger partial charge in [0.1, 0.15) is 0 Å². The summed E-state index contributed by atoms with van der Waals surface area (Å²) in [7, 11) is 0. The van der Waals surface area contributed by atoms with Crippen LogP contribution in [0.3, 0.4) is 0 Å². The maximum Gasteiger partial charge on any atom is 0.243 e. The summed E-state index contributed by atoms with van der Waals surface area (Å²) in [4.78, 5) is 18.2. The maximum absolute atomic E-state index is 11.5. The van der Waals surface area contributed by atoms with Gasteiger partial charge >= 0.3 is 0 Å². The Labute approximate surface area is 83.1 Å². The van der Waals surface area contributed by atoms with E-state index in [9.17, 15) is 4.79 Å². The van der Waals surface area contributed by atoms with Gasteiger partial charge in [0.15, 0.2) is 0 Å². The lowest BCUT2D eigenvalue weighted by molar-refractivity contribution is -0.118. The van der Waals surface area contributed by atoms with Gasteiger partial charge in [0.2, 0.25) is 11.9 Å². The van der Waals surface area contributed by atoms with Crippen molar-refractivity contribution in [2.45, 2.75) is 26.3 Å². The van der Waals surface area contributed by atoms with Crippen LogP contribution in [0.1, 0.15) is 20.3 Å². The number of nitrogens with zero attached hydrogens (tertiary/aromatic N) is 1. The second kappa shape index (κ2) is 4.76. The topological polar surface area (TPSA) is 83.8 Å². The summed E-state index contributed by atoms with van der Waals surface area (Å²) in [5.41, 5.74) is 5.73. The third-order valence-corrected chi connectivity index (χ3v) is 2.30. The van der Waals surface area contributed by atoms with Crippen LogP contribution in [0, 0.1) is 5.92 Å². The first kappa shape index (κ1) is 10.7. The zero-order valence-electron chi connectivity index (χ0n) is 8.45. The first-order valence-corrected chi connectivity index (χ1v) is 4.71. The number of aromatic nitrogens is 2. The van der Waals surface area contributed by atoms with Crippen molar-refractivity contribution in [1.29, 1.82) is 0 Å². The van der Waals surface area contributed by atoms with Crippen molar-refractivity contribution in [3.05, 3.63) is 12.4 Å². The van der Waals surface area contributed by atoms with Crippen LogP contribution in [0.4, 0.5) is 5.95 Å². The van der Waals surface area contributed by atoms with Crippen molar-refractivity contribution in [3.63, 3.8) is 0 Å². The van der Waals surface area contributed by atoms with Gasteiger partial charge in [0.25, 0.3) is 0 Å². The van der Waals surface area contributed by atoms with E-state index in [1.54, 1.807) is 12.4 Å². The molecule has 1 aromatic heterocycles. The summed E-state index contributed by atoms with van der Waals surface area (Å²) >= 11 is 0. The Balaban J connectivity index is 2.50. The molecule has 5 heteroatoms. The molecular weight excluding hydrogens is 180 g/mol. The average Bonchev–Trinajstić information content (AvgIpc) is 2.68. The van der Waals surface area contributed by atoms with Crippen molar-refractivity contribution in [2.24, 2.45) is 11.7 Å². The lowest BCUT2D eigenvalue weighted by atomic mass is 10.00. The fourth-order valence-corrected chi connectivity index (χ4v) is 1.05. The molecule has 5 nitrogen and oxygen atoms in total. The molecule has 1 rings (SSSR count). The SMILES string of the molecule is CC[C@H](C)[C@H](N)C(=O)Nc1ncc[nH]1. The molecule has 0 spiro atoms. The van der Waals surface area contributed by atoms with Crippen LogP contribution in [-0.2, 0) is 4.79 Å². The average molecular weight is 196 g/mol. The predicted molar refractivity (Wildman–Crippen MR) is 54.6 cm³/mol. The first-order valence-electron chi connectivity index (χ1n) is 4.71. The van der Waals surface area contributed by atoms with E-state index in [4.69, 9.17) is 5.73 Å². The molecule has 0 aliphatic carbocycles. The van der Waals surface area contributed by atoms with E-state index < -0.39 is 6.04 Å². The number of carbonyl (C=O) groups excluding carboxylic acids is 1. The Kier molecular flexibility index (Phi) is 3.64. The monoisotopic (exact) mass is 196 g/mol. The van der Waals surface area contributed by atoms with Gasteiger partial charge in [-0.3, -0.25) is 10.1 Å². The molecule has 0 aromatic carbocycles. The molecule has 1 aromatic rings. The van der Waals surface area contributed by atoms with E-state index in [-0.39, 0.29) is 11.8 Å². The van der Waals surface area contributed by atoms with Gasteiger partial charge in [-0.1, -0.05) is 20.3 Å². The highest BCUT2D eigenvalue weighted by Gasteiger charge is 2.19. The number of nitrogens with two attached hydrogens (primary N) is 1. The van der Waals surface area contributed by atoms with Crippen molar-refractivity contribution >= 4 is 11.9 Å². The van der Waals surface area contributed by atoms with Crippen LogP contribution in [0.2, 0.25) is 0 Å². The fourth-order valence-electron chi connectivity index (χ4n) is 1.05. The molecule has 0 aliphatic rings. The number of rotatable bonds is 4. The highest BCUT2D eigenvalue weighted by molar-refractivity contribution is 5.93. The first-order chi connectivity index (χ1) is 6.65. The molecule has 0 radical (unpaired) electrons. The quantitative estimate of drug-likeness (QED) is 0.663. The molecule has 0 aliphatic heterocycles. The molecule has 0 fully saturated rings. The Morgan fingerprint density at radius 1 is 1.79 bits per heavy atom. The van der Waals surface area contributed by atoms with E-state index in [0.29, 0.717) is 5.95 Å². The van der Waals surface area contributed by atoms with Crippen LogP contribution in [0.15, 0.2) is 12.4 Å². The van der Waals surface area contributed by atoms with Gasteiger partial charge in [0, 0.05) is 12.4 Å². The summed E-state index contributed by atoms with van der Waals surface area (Å²) in [5.74, 6) is 0.410. The third-order valence-electron chi connectivity index (χ3n) is 2.30. The predicted octanol–water partition coefficient (Wildman–Crippen LogP) is 0.722. The number of imidazole rings is 1. The number of aromatic amines is 1. The number of hydrogen-bond acceptors (Lipinski definition) is 3. The third kappa shape index (κ3) is 2.56. The number of nitrogens with one attached hydrogen (secondary N) is 2. The Bertz CT molecular complexity index is 283. The zero-order valence-corrected chi connectivity index (χ0v) is 8.45. The Morgan fingerprint density at radius 3 is 3.00 bits per heavy atom. The Morgan fingerprint density at radius 2 is 2.50 bits per heavy atom. The molecule has 1 amide bonds. The molecule has 0 bridgehead atoms. The van der Waals surface area contributed by atoms with E-state index in [0.717, 1.165) is 6.42 Å². The van der Waals surface area contributed by atoms with Gasteiger partial charge in [-0.15, -0.1) is 0 Å². The molecule has 4 N–H and O–H groups in total. The molecule has 0 saturated carbocycles. The highest BCUT2D eigenvalue weighted by Crippen LogP contribution is 2.07. The summed E-state index contributed by atoms with van der Waals surface area (Å²) in [5, 5.41) is 2.61. The maximum atomic E-state index is 11.5. The summed E-state index contributed by atoms with van der Waals surface area (Å²) in [6.07, 6.45) is 4.10. The molecular formula is C9H16N4O. The van der Waals surface area contributed by atoms with E-state index in [1.165, 1.54) is 0 Å². The minimum absolute atomic E-state index is 0.171. The number of amides is 1. The minimum Gasteiger partial charge on any atom is -0.331 e. The van der Waals surface area contributed by atoms with Gasteiger partial charge in [-0.05, 0) is 5.92 Å². The molecule has 0 unspecified atom stereocenters. The molecule has 2 atom stereocenters. The highest BCUT2D eigenvalue weighted by atomic mass is 16.2. The summed E-state index contributed by atoms with van der Waals surface area (Å²) < 4.78 is 0. The van der Waals surface area contributed by atoms with Crippen LogP contribution < -0.4 is 11.1 Å². The van der Waals surface area contributed by atoms with Gasteiger partial charge in [-0.2, -0.15) is 0 Å². The molecule has 0 saturated heterocycles. The lowest BCUT2D eigenvalue weighted by Gasteiger charge is -2.16. The van der Waals surface area contributed by atoms with Gasteiger partial charge in [0.05, 0.1) is 6.04 Å². The normalized spacial score (nSPS) is 14.8. The smallest absolute Gasteiger partial charge is 0.243 e. The number of hydrogen-bond donors (Lipinski definition) is 3. The summed E-state index contributed by atoms with van der Waals surface area (Å²) in [6.45, 7) is 3.96. The summed E-state index contributed by atoms with van der Waals surface area (Å²) in [6, 6.07) is -0.481. The molecule has 1 heterocycles. The molecule has 14 heavy (non-hydrogen) atoms. The van der Waals surface area contributed by atoms with Gasteiger partial charge in [-0.25, -0.2) is 4.98 Å². The van der Waals surface area contributed by atoms with E-state index in [2.05, 4.69) is 15.3 Å². The Hall–Kier alpha value is -1.36. The van der Waals surface area contributed by atoms with Crippen molar-refractivity contribution in [1.82, 2.24) is 9.97 Å². The number of carbonyl (C=O) groups is 1. The number of H-pyrrole nitrogens is 1. The minimum atomic E-state index is -0.481. The van der Waals surface area contributed by atoms with Gasteiger partial charge < -0.3 is 10.7 Å². The van der Waals surface area contributed by atoms with Crippen LogP contribution >= 0.6 is 0 Å². The van der Waals surface area contributed by atoms with E-state index >= 15 is 0 Å². The number of anilines is 1. The van der Waals surface area contributed by atoms with Crippen LogP contribution in [0.5, 0.6) is 0 Å². The fraction of sp³-hybridized carbons (Fsp3) is 0.556. The molecule has 78 valence electrons.